The highest BCUT2D eigenvalue weighted by molar-refractivity contribution is 5.84. The lowest BCUT2D eigenvalue weighted by atomic mass is 9.83. The van der Waals surface area contributed by atoms with Crippen molar-refractivity contribution in [2.75, 3.05) is 26.0 Å². The highest BCUT2D eigenvalue weighted by Crippen LogP contribution is 2.33. The lowest BCUT2D eigenvalue weighted by molar-refractivity contribution is -0.144. The minimum Gasteiger partial charge on any atom is -0.495 e. The third-order valence-corrected chi connectivity index (χ3v) is 4.18. The van der Waals surface area contributed by atoms with Gasteiger partial charge in [-0.15, -0.1) is 0 Å². The molecule has 2 atom stereocenters. The summed E-state index contributed by atoms with van der Waals surface area (Å²) in [6, 6.07) is 7.65. The standard InChI is InChI=1S/C15H22N2O3/c1-11-10-15(14(18)19,8-9-17(11)2)16-12-6-4-5-7-13(12)20-3/h4-7,11,16H,8-10H2,1-3H3,(H,18,19). The van der Waals surface area contributed by atoms with E-state index in [0.717, 1.165) is 12.2 Å². The molecule has 2 rings (SSSR count). The number of carbonyl (C=O) groups is 1. The molecule has 1 saturated heterocycles. The summed E-state index contributed by atoms with van der Waals surface area (Å²) in [6.07, 6.45) is 1.14. The second kappa shape index (κ2) is 5.71. The maximum Gasteiger partial charge on any atom is 0.329 e. The Bertz CT molecular complexity index is 492. The van der Waals surface area contributed by atoms with Gasteiger partial charge in [-0.25, -0.2) is 4.79 Å². The average molecular weight is 278 g/mol. The van der Waals surface area contributed by atoms with Crippen molar-refractivity contribution in [2.45, 2.75) is 31.3 Å². The number of nitrogens with one attached hydrogen (secondary N) is 1. The molecule has 5 heteroatoms. The zero-order chi connectivity index (χ0) is 14.8. The van der Waals surface area contributed by atoms with Gasteiger partial charge in [0.2, 0.25) is 0 Å². The number of carboxylic acid groups (broad SMARTS) is 1. The summed E-state index contributed by atoms with van der Waals surface area (Å²) in [5.41, 5.74) is -0.199. The second-order valence-corrected chi connectivity index (χ2v) is 5.50. The minimum absolute atomic E-state index is 0.224. The maximum atomic E-state index is 11.8. The predicted molar refractivity (Wildman–Crippen MR) is 78.3 cm³/mol. The number of rotatable bonds is 4. The van der Waals surface area contributed by atoms with E-state index in [1.54, 1.807) is 7.11 Å². The van der Waals surface area contributed by atoms with Gasteiger partial charge in [0.15, 0.2) is 0 Å². The highest BCUT2D eigenvalue weighted by Gasteiger charge is 2.44. The zero-order valence-electron chi connectivity index (χ0n) is 12.2. The fourth-order valence-corrected chi connectivity index (χ4v) is 2.72. The molecule has 1 aliphatic heterocycles. The van der Waals surface area contributed by atoms with E-state index < -0.39 is 11.5 Å². The first-order valence-corrected chi connectivity index (χ1v) is 6.83. The van der Waals surface area contributed by atoms with Crippen LogP contribution in [0, 0.1) is 0 Å². The van der Waals surface area contributed by atoms with Crippen molar-refractivity contribution < 1.29 is 14.6 Å². The van der Waals surface area contributed by atoms with E-state index in [0.29, 0.717) is 18.6 Å². The molecule has 1 aromatic rings. The summed E-state index contributed by atoms with van der Waals surface area (Å²) in [5.74, 6) is -0.136. The van der Waals surface area contributed by atoms with E-state index in [1.807, 2.05) is 31.3 Å². The molecule has 2 unspecified atom stereocenters. The number of hydrogen-bond donors (Lipinski definition) is 2. The van der Waals surface area contributed by atoms with Gasteiger partial charge in [0.1, 0.15) is 11.3 Å². The monoisotopic (exact) mass is 278 g/mol. The van der Waals surface area contributed by atoms with E-state index in [2.05, 4.69) is 17.1 Å². The lowest BCUT2D eigenvalue weighted by Crippen LogP contribution is -2.56. The van der Waals surface area contributed by atoms with Crippen LogP contribution in [0.25, 0.3) is 0 Å². The molecule has 0 saturated carbocycles. The number of ether oxygens (including phenoxy) is 1. The number of aliphatic carboxylic acids is 1. The van der Waals surface area contributed by atoms with Crippen LogP contribution in [-0.2, 0) is 4.79 Å². The van der Waals surface area contributed by atoms with Crippen LogP contribution in [0.4, 0.5) is 5.69 Å². The summed E-state index contributed by atoms with van der Waals surface area (Å²) in [7, 11) is 3.62. The van der Waals surface area contributed by atoms with Gasteiger partial charge in [-0.05, 0) is 38.9 Å². The first-order valence-electron chi connectivity index (χ1n) is 6.83. The van der Waals surface area contributed by atoms with Crippen molar-refractivity contribution >= 4 is 11.7 Å². The van der Waals surface area contributed by atoms with Gasteiger partial charge in [-0.1, -0.05) is 12.1 Å². The molecule has 110 valence electrons. The molecule has 1 heterocycles. The number of nitrogens with zero attached hydrogens (tertiary/aromatic N) is 1. The number of likely N-dealkylation sites (tertiary alicyclic amines) is 1. The molecule has 20 heavy (non-hydrogen) atoms. The number of carboxylic acids is 1. The van der Waals surface area contributed by atoms with E-state index in [-0.39, 0.29) is 6.04 Å². The largest absolute Gasteiger partial charge is 0.495 e. The van der Waals surface area contributed by atoms with Crippen molar-refractivity contribution in [1.29, 1.82) is 0 Å². The lowest BCUT2D eigenvalue weighted by Gasteiger charge is -2.42. The van der Waals surface area contributed by atoms with Crippen LogP contribution in [0.2, 0.25) is 0 Å². The molecular formula is C15H22N2O3. The number of piperidine rings is 1. The molecule has 0 bridgehead atoms. The normalized spacial score (nSPS) is 27.1. The number of hydrogen-bond acceptors (Lipinski definition) is 4. The number of para-hydroxylation sites is 2. The average Bonchev–Trinajstić information content (AvgIpc) is 2.43. The summed E-state index contributed by atoms with van der Waals surface area (Å²) in [4.78, 5) is 14.0. The molecule has 0 aliphatic carbocycles. The Labute approximate surface area is 119 Å². The smallest absolute Gasteiger partial charge is 0.329 e. The van der Waals surface area contributed by atoms with Crippen LogP contribution in [0.5, 0.6) is 5.75 Å². The SMILES string of the molecule is COc1ccccc1NC1(C(=O)O)CCN(C)C(C)C1. The highest BCUT2D eigenvalue weighted by atomic mass is 16.5. The predicted octanol–water partition coefficient (Wildman–Crippen LogP) is 2.04. The Hall–Kier alpha value is -1.75. The Morgan fingerprint density at radius 2 is 2.20 bits per heavy atom. The van der Waals surface area contributed by atoms with Crippen LogP contribution >= 0.6 is 0 Å². The van der Waals surface area contributed by atoms with Crippen LogP contribution in [0.15, 0.2) is 24.3 Å². The first-order chi connectivity index (χ1) is 9.48. The molecule has 1 aliphatic rings. The van der Waals surface area contributed by atoms with Gasteiger partial charge in [0.05, 0.1) is 12.8 Å². The Morgan fingerprint density at radius 3 is 2.80 bits per heavy atom. The van der Waals surface area contributed by atoms with E-state index in [9.17, 15) is 9.90 Å². The van der Waals surface area contributed by atoms with Crippen molar-refractivity contribution in [3.63, 3.8) is 0 Å². The Kier molecular flexibility index (Phi) is 4.18. The summed E-state index contributed by atoms with van der Waals surface area (Å²) in [6.45, 7) is 2.82. The zero-order valence-corrected chi connectivity index (χ0v) is 12.2. The molecular weight excluding hydrogens is 256 g/mol. The van der Waals surface area contributed by atoms with Crippen LogP contribution < -0.4 is 10.1 Å². The third-order valence-electron chi connectivity index (χ3n) is 4.18. The fraction of sp³-hybridized carbons (Fsp3) is 0.533. The number of benzene rings is 1. The Balaban J connectivity index is 2.28. The van der Waals surface area contributed by atoms with Gasteiger partial charge in [0.25, 0.3) is 0 Å². The number of anilines is 1. The van der Waals surface area contributed by atoms with Crippen LogP contribution in [-0.4, -0.2) is 48.3 Å². The second-order valence-electron chi connectivity index (χ2n) is 5.50. The molecule has 0 aromatic heterocycles. The van der Waals surface area contributed by atoms with E-state index >= 15 is 0 Å². The van der Waals surface area contributed by atoms with Crippen molar-refractivity contribution in [3.8, 4) is 5.75 Å². The molecule has 0 spiro atoms. The van der Waals surface area contributed by atoms with Gasteiger partial charge in [0, 0.05) is 12.6 Å². The van der Waals surface area contributed by atoms with Crippen LogP contribution in [0.3, 0.4) is 0 Å². The maximum absolute atomic E-state index is 11.8. The Morgan fingerprint density at radius 1 is 1.50 bits per heavy atom. The van der Waals surface area contributed by atoms with Crippen molar-refractivity contribution in [3.05, 3.63) is 24.3 Å². The van der Waals surface area contributed by atoms with Gasteiger partial charge >= 0.3 is 5.97 Å². The van der Waals surface area contributed by atoms with E-state index in [4.69, 9.17) is 4.74 Å². The molecule has 0 radical (unpaired) electrons. The molecule has 5 nitrogen and oxygen atoms in total. The molecule has 0 amide bonds. The first kappa shape index (κ1) is 14.7. The summed E-state index contributed by atoms with van der Waals surface area (Å²) >= 11 is 0. The fourth-order valence-electron chi connectivity index (χ4n) is 2.72. The van der Waals surface area contributed by atoms with Gasteiger partial charge in [-0.3, -0.25) is 0 Å². The van der Waals surface area contributed by atoms with Crippen molar-refractivity contribution in [2.24, 2.45) is 0 Å². The number of methoxy groups -OCH3 is 1. The van der Waals surface area contributed by atoms with Crippen LogP contribution in [0.1, 0.15) is 19.8 Å². The quantitative estimate of drug-likeness (QED) is 0.882. The minimum atomic E-state index is -0.930. The molecule has 1 aromatic carbocycles. The van der Waals surface area contributed by atoms with Gasteiger partial charge < -0.3 is 20.1 Å². The molecule has 1 fully saturated rings. The van der Waals surface area contributed by atoms with Crippen molar-refractivity contribution in [1.82, 2.24) is 4.90 Å². The summed E-state index contributed by atoms with van der Waals surface area (Å²) < 4.78 is 5.29. The third kappa shape index (κ3) is 2.72. The van der Waals surface area contributed by atoms with E-state index in [1.165, 1.54) is 0 Å². The molecule has 2 N–H and O–H groups in total. The topological polar surface area (TPSA) is 61.8 Å². The summed E-state index contributed by atoms with van der Waals surface area (Å²) in [5, 5.41) is 12.9. The van der Waals surface area contributed by atoms with Gasteiger partial charge in [-0.2, -0.15) is 0 Å².